The number of anilines is 1. The molecule has 0 N–H and O–H groups in total. The van der Waals surface area contributed by atoms with E-state index in [4.69, 9.17) is 0 Å². The average Bonchev–Trinajstić information content (AvgIpc) is 2.43. The van der Waals surface area contributed by atoms with Crippen molar-refractivity contribution in [3.05, 3.63) is 24.3 Å². The number of hydrogen-bond donors (Lipinski definition) is 1. The lowest BCUT2D eigenvalue weighted by Crippen LogP contribution is -2.20. The van der Waals surface area contributed by atoms with E-state index in [0.29, 0.717) is 5.37 Å². The topological polar surface area (TPSA) is 20.3 Å². The zero-order valence-corrected chi connectivity index (χ0v) is 10.8. The zero-order chi connectivity index (χ0) is 11.4. The number of para-hydroxylation sites is 1. The quantitative estimate of drug-likeness (QED) is 0.705. The number of benzene rings is 1. The molecule has 1 atom stereocenters. The Morgan fingerprint density at radius 1 is 1.47 bits per heavy atom. The van der Waals surface area contributed by atoms with Crippen LogP contribution in [-0.2, 0) is 4.79 Å². The summed E-state index contributed by atoms with van der Waals surface area (Å²) < 4.78 is 0. The molecule has 1 heterocycles. The van der Waals surface area contributed by atoms with Crippen molar-refractivity contribution >= 4 is 35.2 Å². The largest absolute Gasteiger partial charge is 0.362 e. The number of hydrogen-bond acceptors (Lipinski definition) is 3. The molecule has 0 aliphatic carbocycles. The third kappa shape index (κ3) is 3.47. The van der Waals surface area contributed by atoms with Crippen molar-refractivity contribution < 1.29 is 4.79 Å². The van der Waals surface area contributed by atoms with Gasteiger partial charge in [-0.05, 0) is 19.1 Å². The van der Waals surface area contributed by atoms with Gasteiger partial charge < -0.3 is 4.90 Å². The summed E-state index contributed by atoms with van der Waals surface area (Å²) in [6, 6.07) is 8.54. The van der Waals surface area contributed by atoms with Gasteiger partial charge in [0.1, 0.15) is 0 Å². The Bertz CT molecular complexity index is 350. The Balaban J connectivity index is 0.000000245. The van der Waals surface area contributed by atoms with Crippen molar-refractivity contribution in [3.63, 3.8) is 0 Å². The molecule has 1 aliphatic heterocycles. The van der Waals surface area contributed by atoms with Crippen LogP contribution < -0.4 is 4.90 Å². The van der Waals surface area contributed by atoms with Gasteiger partial charge in [-0.3, -0.25) is 4.79 Å². The van der Waals surface area contributed by atoms with Crippen molar-refractivity contribution in [3.8, 4) is 0 Å². The van der Waals surface area contributed by atoms with Gasteiger partial charge in [-0.25, -0.2) is 0 Å². The Hall–Kier alpha value is -0.610. The predicted octanol–water partition coefficient (Wildman–Crippen LogP) is 3.04. The lowest BCUT2D eigenvalue weighted by atomic mass is 10.3. The van der Waals surface area contributed by atoms with Gasteiger partial charge in [0.15, 0.2) is 5.12 Å². The molecule has 0 saturated heterocycles. The van der Waals surface area contributed by atoms with Gasteiger partial charge in [-0.1, -0.05) is 23.9 Å². The van der Waals surface area contributed by atoms with Crippen LogP contribution in [-0.4, -0.2) is 17.5 Å². The first-order chi connectivity index (χ1) is 7.02. The van der Waals surface area contributed by atoms with E-state index in [9.17, 15) is 4.79 Å². The van der Waals surface area contributed by atoms with E-state index < -0.39 is 0 Å². The van der Waals surface area contributed by atoms with Crippen molar-refractivity contribution in [1.29, 1.82) is 0 Å². The second-order valence-corrected chi connectivity index (χ2v) is 5.30. The second kappa shape index (κ2) is 5.47. The molecule has 0 fully saturated rings. The van der Waals surface area contributed by atoms with Gasteiger partial charge in [-0.15, -0.1) is 12.6 Å². The van der Waals surface area contributed by atoms with Crippen LogP contribution in [0.5, 0.6) is 0 Å². The minimum absolute atomic E-state index is 0.139. The fourth-order valence-electron chi connectivity index (χ4n) is 1.31. The van der Waals surface area contributed by atoms with Crippen LogP contribution >= 0.6 is 24.4 Å². The smallest absolute Gasteiger partial charge is 0.182 e. The monoisotopic (exact) mass is 241 g/mol. The van der Waals surface area contributed by atoms with Crippen molar-refractivity contribution in [2.75, 3.05) is 11.9 Å². The molecular weight excluding hydrogens is 226 g/mol. The maximum atomic E-state index is 9.31. The van der Waals surface area contributed by atoms with Crippen molar-refractivity contribution in [1.82, 2.24) is 0 Å². The van der Waals surface area contributed by atoms with Crippen LogP contribution in [0.4, 0.5) is 5.69 Å². The first-order valence-corrected chi connectivity index (χ1v) is 6.03. The maximum absolute atomic E-state index is 9.31. The first-order valence-electron chi connectivity index (χ1n) is 4.70. The fraction of sp³-hybridized carbons (Fsp3) is 0.364. The number of fused-ring (bicyclic) bond motifs is 1. The van der Waals surface area contributed by atoms with Gasteiger partial charge in [0.2, 0.25) is 0 Å². The van der Waals surface area contributed by atoms with E-state index in [-0.39, 0.29) is 5.12 Å². The summed E-state index contributed by atoms with van der Waals surface area (Å²) in [4.78, 5) is 13.0. The molecule has 82 valence electrons. The van der Waals surface area contributed by atoms with Crippen LogP contribution in [0.1, 0.15) is 13.8 Å². The molecule has 2 rings (SSSR count). The Morgan fingerprint density at radius 2 is 2.00 bits per heavy atom. The van der Waals surface area contributed by atoms with Gasteiger partial charge in [0, 0.05) is 18.9 Å². The SMILES string of the molecule is CC(=O)S.CC1Sc2ccccc2N1C. The standard InChI is InChI=1S/C9H11NS.C2H4OS/c1-7-10(2)8-5-3-4-6-9(8)11-7;1-2(3)4/h3-7H,1-2H3;1H3,(H,3,4). The molecular formula is C11H15NOS2. The summed E-state index contributed by atoms with van der Waals surface area (Å²) in [7, 11) is 2.14. The Kier molecular flexibility index (Phi) is 4.54. The second-order valence-electron chi connectivity index (χ2n) is 3.31. The molecule has 0 aromatic heterocycles. The molecule has 15 heavy (non-hydrogen) atoms. The molecule has 1 unspecified atom stereocenters. The minimum atomic E-state index is -0.139. The number of carbonyl (C=O) groups is 1. The zero-order valence-electron chi connectivity index (χ0n) is 9.10. The summed E-state index contributed by atoms with van der Waals surface area (Å²) in [5.41, 5.74) is 1.37. The van der Waals surface area contributed by atoms with E-state index in [2.05, 4.69) is 55.8 Å². The summed E-state index contributed by atoms with van der Waals surface area (Å²) >= 11 is 5.25. The van der Waals surface area contributed by atoms with Gasteiger partial charge in [-0.2, -0.15) is 0 Å². The van der Waals surface area contributed by atoms with Gasteiger partial charge in [0.25, 0.3) is 0 Å². The average molecular weight is 241 g/mol. The molecule has 2 nitrogen and oxygen atoms in total. The molecule has 1 aliphatic rings. The number of nitrogens with zero attached hydrogens (tertiary/aromatic N) is 1. The highest BCUT2D eigenvalue weighted by Crippen LogP contribution is 2.41. The van der Waals surface area contributed by atoms with E-state index >= 15 is 0 Å². The van der Waals surface area contributed by atoms with E-state index in [1.165, 1.54) is 17.5 Å². The number of carbonyl (C=O) groups excluding carboxylic acids is 1. The summed E-state index contributed by atoms with van der Waals surface area (Å²) in [6.07, 6.45) is 0. The van der Waals surface area contributed by atoms with E-state index in [1.54, 1.807) is 0 Å². The lowest BCUT2D eigenvalue weighted by Gasteiger charge is -2.16. The van der Waals surface area contributed by atoms with Gasteiger partial charge in [0.05, 0.1) is 11.1 Å². The number of thiol groups is 1. The van der Waals surface area contributed by atoms with Crippen LogP contribution in [0, 0.1) is 0 Å². The highest BCUT2D eigenvalue weighted by Gasteiger charge is 2.21. The fourth-order valence-corrected chi connectivity index (χ4v) is 2.44. The number of thioether (sulfide) groups is 1. The molecule has 0 saturated carbocycles. The predicted molar refractivity (Wildman–Crippen MR) is 69.8 cm³/mol. The van der Waals surface area contributed by atoms with Crippen LogP contribution in [0.15, 0.2) is 29.2 Å². The van der Waals surface area contributed by atoms with E-state index in [0.717, 1.165) is 0 Å². The summed E-state index contributed by atoms with van der Waals surface area (Å²) in [5.74, 6) is 0. The van der Waals surface area contributed by atoms with Crippen molar-refractivity contribution in [2.45, 2.75) is 24.1 Å². The molecule has 0 amide bonds. The van der Waals surface area contributed by atoms with Gasteiger partial charge >= 0.3 is 0 Å². The maximum Gasteiger partial charge on any atom is 0.182 e. The highest BCUT2D eigenvalue weighted by atomic mass is 32.2. The third-order valence-corrected chi connectivity index (χ3v) is 3.34. The van der Waals surface area contributed by atoms with E-state index in [1.807, 2.05) is 11.8 Å². The first kappa shape index (κ1) is 12.5. The Labute approximate surface area is 100 Å². The van der Waals surface area contributed by atoms with Crippen LogP contribution in [0.2, 0.25) is 0 Å². The molecule has 0 bridgehead atoms. The summed E-state index contributed by atoms with van der Waals surface area (Å²) in [6.45, 7) is 3.62. The van der Waals surface area contributed by atoms with Crippen molar-refractivity contribution in [2.24, 2.45) is 0 Å². The van der Waals surface area contributed by atoms with Crippen LogP contribution in [0.3, 0.4) is 0 Å². The van der Waals surface area contributed by atoms with Crippen LogP contribution in [0.25, 0.3) is 0 Å². The molecule has 0 radical (unpaired) electrons. The molecule has 1 aromatic rings. The normalized spacial score (nSPS) is 17.9. The highest BCUT2D eigenvalue weighted by molar-refractivity contribution is 8.00. The Morgan fingerprint density at radius 3 is 2.53 bits per heavy atom. The number of rotatable bonds is 0. The molecule has 0 spiro atoms. The third-order valence-electron chi connectivity index (χ3n) is 2.09. The molecule has 1 aromatic carbocycles. The lowest BCUT2D eigenvalue weighted by molar-refractivity contribution is -0.108. The minimum Gasteiger partial charge on any atom is -0.362 e. The summed E-state index contributed by atoms with van der Waals surface area (Å²) in [5, 5.41) is 0.451. The molecule has 4 heteroatoms.